The molecule has 2 N–H and O–H groups in total. The van der Waals surface area contributed by atoms with Crippen LogP contribution in [0.2, 0.25) is 0 Å². The molecule has 28 heavy (non-hydrogen) atoms. The zero-order valence-electron chi connectivity index (χ0n) is 16.4. The fourth-order valence-corrected chi connectivity index (χ4v) is 4.97. The first-order valence-corrected chi connectivity index (χ1v) is 10.9. The number of hydrogen-bond donors (Lipinski definition) is 2. The predicted molar refractivity (Wildman–Crippen MR) is 111 cm³/mol. The summed E-state index contributed by atoms with van der Waals surface area (Å²) in [6, 6.07) is 6.30. The van der Waals surface area contributed by atoms with Crippen molar-refractivity contribution in [3.8, 4) is 5.75 Å². The lowest BCUT2D eigenvalue weighted by Gasteiger charge is -2.25. The molecule has 0 aliphatic heterocycles. The van der Waals surface area contributed by atoms with Crippen molar-refractivity contribution in [1.82, 2.24) is 0 Å². The van der Waals surface area contributed by atoms with E-state index in [2.05, 4.69) is 18.2 Å². The summed E-state index contributed by atoms with van der Waals surface area (Å²) in [4.78, 5) is 10.6. The summed E-state index contributed by atoms with van der Waals surface area (Å²) in [7, 11) is 0. The maximum Gasteiger partial charge on any atom is 0.303 e. The Morgan fingerprint density at radius 3 is 2.86 bits per heavy atom. The van der Waals surface area contributed by atoms with E-state index in [0.717, 1.165) is 31.4 Å². The fourth-order valence-electron chi connectivity index (χ4n) is 4.50. The summed E-state index contributed by atoms with van der Waals surface area (Å²) in [5.41, 5.74) is 2.73. The van der Waals surface area contributed by atoms with Gasteiger partial charge in [0, 0.05) is 17.7 Å². The third kappa shape index (κ3) is 5.51. The van der Waals surface area contributed by atoms with Crippen LogP contribution in [0.4, 0.5) is 0 Å². The van der Waals surface area contributed by atoms with Crippen molar-refractivity contribution in [3.05, 3.63) is 41.5 Å². The van der Waals surface area contributed by atoms with Crippen LogP contribution in [0.25, 0.3) is 0 Å². The molecule has 4 nitrogen and oxygen atoms in total. The highest BCUT2D eigenvalue weighted by atomic mass is 35.5. The molecule has 154 valence electrons. The molecule has 0 spiro atoms. The van der Waals surface area contributed by atoms with Crippen LogP contribution in [-0.4, -0.2) is 34.3 Å². The van der Waals surface area contributed by atoms with Gasteiger partial charge in [-0.05, 0) is 74.5 Å². The van der Waals surface area contributed by atoms with E-state index in [9.17, 15) is 9.90 Å². The number of aliphatic hydroxyl groups is 1. The van der Waals surface area contributed by atoms with E-state index in [0.29, 0.717) is 19.4 Å². The highest BCUT2D eigenvalue weighted by Gasteiger charge is 2.41. The molecule has 0 saturated heterocycles. The summed E-state index contributed by atoms with van der Waals surface area (Å²) < 4.78 is 6.20. The number of alkyl halides is 1. The minimum absolute atomic E-state index is 0.0191. The van der Waals surface area contributed by atoms with Gasteiger partial charge < -0.3 is 14.9 Å². The van der Waals surface area contributed by atoms with E-state index in [-0.39, 0.29) is 23.6 Å². The Morgan fingerprint density at radius 1 is 1.21 bits per heavy atom. The quantitative estimate of drug-likeness (QED) is 0.353. The van der Waals surface area contributed by atoms with E-state index in [1.165, 1.54) is 24.0 Å². The predicted octanol–water partition coefficient (Wildman–Crippen LogP) is 4.75. The Morgan fingerprint density at radius 2 is 2.04 bits per heavy atom. The molecule has 0 heterocycles. The van der Waals surface area contributed by atoms with Gasteiger partial charge in [0.15, 0.2) is 0 Å². The van der Waals surface area contributed by atoms with Crippen LogP contribution in [-0.2, 0) is 17.6 Å². The average molecular weight is 407 g/mol. The van der Waals surface area contributed by atoms with Gasteiger partial charge in [0.1, 0.15) is 5.75 Å². The van der Waals surface area contributed by atoms with Crippen molar-refractivity contribution in [2.75, 3.05) is 6.61 Å². The molecule has 1 aromatic carbocycles. The van der Waals surface area contributed by atoms with Gasteiger partial charge in [-0.3, -0.25) is 4.79 Å². The number of hydrogen-bond acceptors (Lipinski definition) is 3. The fraction of sp³-hybridized carbons (Fsp3) is 0.609. The van der Waals surface area contributed by atoms with Crippen LogP contribution in [0.1, 0.15) is 56.1 Å². The molecular weight excluding hydrogens is 376 g/mol. The maximum atomic E-state index is 10.6. The number of fused-ring (bicyclic) bond motifs is 1. The van der Waals surface area contributed by atoms with Gasteiger partial charge >= 0.3 is 5.97 Å². The standard InChI is InChI=1S/C23H31ClO4/c24-20-14-21(25)19(18(20)11-3-1-2-4-13-23(26)27)15-28-22-12-7-9-16-8-5-6-10-17(16)22/h1,3,7,9,12,18-21,25H,2,4-6,8,10-11,13-15H2,(H,26,27)/b3-1-/t18-,19-,20-,21-/m1/s1. The molecule has 3 rings (SSSR count). The first kappa shape index (κ1) is 21.2. The van der Waals surface area contributed by atoms with Gasteiger partial charge in [0.25, 0.3) is 0 Å². The molecule has 1 fully saturated rings. The Bertz CT molecular complexity index is 687. The summed E-state index contributed by atoms with van der Waals surface area (Å²) in [6.07, 6.45) is 11.3. The summed E-state index contributed by atoms with van der Waals surface area (Å²) in [5.74, 6) is 0.399. The monoisotopic (exact) mass is 406 g/mol. The van der Waals surface area contributed by atoms with Crippen LogP contribution in [0.5, 0.6) is 5.75 Å². The molecule has 2 aliphatic rings. The molecule has 0 radical (unpaired) electrons. The second-order valence-corrected chi connectivity index (χ2v) is 8.61. The number of carboxylic acid groups (broad SMARTS) is 1. The summed E-state index contributed by atoms with van der Waals surface area (Å²) in [5, 5.41) is 19.1. The minimum Gasteiger partial charge on any atom is -0.493 e. The normalized spacial score (nSPS) is 27.1. The number of unbranched alkanes of at least 4 members (excludes halogenated alkanes) is 1. The number of ether oxygens (including phenoxy) is 1. The Hall–Kier alpha value is -1.52. The largest absolute Gasteiger partial charge is 0.493 e. The van der Waals surface area contributed by atoms with E-state index >= 15 is 0 Å². The van der Waals surface area contributed by atoms with Crippen LogP contribution < -0.4 is 4.74 Å². The Balaban J connectivity index is 1.55. The smallest absolute Gasteiger partial charge is 0.303 e. The lowest BCUT2D eigenvalue weighted by molar-refractivity contribution is -0.137. The number of rotatable bonds is 9. The summed E-state index contributed by atoms with van der Waals surface area (Å²) in [6.45, 7) is 0.484. The number of aryl methyl sites for hydroxylation is 1. The Labute approximate surface area is 172 Å². The zero-order chi connectivity index (χ0) is 19.9. The molecule has 5 heteroatoms. The SMILES string of the molecule is O=C(O)CCC/C=C\C[C@@H]1[C@@H](COc2cccc3c2CCCC3)[C@H](O)C[C@H]1Cl. The third-order valence-electron chi connectivity index (χ3n) is 6.10. The molecule has 0 unspecified atom stereocenters. The van der Waals surface area contributed by atoms with E-state index in [1.807, 2.05) is 12.1 Å². The molecular formula is C23H31ClO4. The molecule has 1 aromatic rings. The van der Waals surface area contributed by atoms with Crippen molar-refractivity contribution < 1.29 is 19.7 Å². The lowest BCUT2D eigenvalue weighted by atomic mass is 9.90. The van der Waals surface area contributed by atoms with Gasteiger partial charge in [-0.25, -0.2) is 0 Å². The molecule has 0 bridgehead atoms. The average Bonchev–Trinajstić information content (AvgIpc) is 2.95. The first-order valence-electron chi connectivity index (χ1n) is 10.5. The van der Waals surface area contributed by atoms with Crippen LogP contribution in [0.3, 0.4) is 0 Å². The third-order valence-corrected chi connectivity index (χ3v) is 6.60. The second kappa shape index (κ2) is 10.3. The number of carbonyl (C=O) groups is 1. The van der Waals surface area contributed by atoms with Gasteiger partial charge in [0.05, 0.1) is 12.7 Å². The second-order valence-electron chi connectivity index (χ2n) is 8.05. The zero-order valence-corrected chi connectivity index (χ0v) is 17.1. The van der Waals surface area contributed by atoms with Crippen LogP contribution in [0, 0.1) is 11.8 Å². The van der Waals surface area contributed by atoms with Crippen molar-refractivity contribution in [2.45, 2.75) is 69.3 Å². The number of aliphatic carboxylic acids is 1. The van der Waals surface area contributed by atoms with Crippen LogP contribution >= 0.6 is 11.6 Å². The number of aliphatic hydroxyl groups excluding tert-OH is 1. The van der Waals surface area contributed by atoms with Crippen LogP contribution in [0.15, 0.2) is 30.4 Å². The molecule has 0 aromatic heterocycles. The maximum absolute atomic E-state index is 10.6. The number of halogens is 1. The lowest BCUT2D eigenvalue weighted by Crippen LogP contribution is -2.27. The van der Waals surface area contributed by atoms with Gasteiger partial charge in [-0.1, -0.05) is 24.3 Å². The highest BCUT2D eigenvalue weighted by molar-refractivity contribution is 6.21. The summed E-state index contributed by atoms with van der Waals surface area (Å²) >= 11 is 6.52. The van der Waals surface area contributed by atoms with E-state index in [1.54, 1.807) is 0 Å². The number of allylic oxidation sites excluding steroid dienone is 2. The topological polar surface area (TPSA) is 66.8 Å². The van der Waals surface area contributed by atoms with Crippen molar-refractivity contribution in [1.29, 1.82) is 0 Å². The first-order chi connectivity index (χ1) is 13.6. The molecule has 0 amide bonds. The van der Waals surface area contributed by atoms with Gasteiger partial charge in [-0.2, -0.15) is 0 Å². The van der Waals surface area contributed by atoms with Crippen molar-refractivity contribution in [2.24, 2.45) is 11.8 Å². The van der Waals surface area contributed by atoms with Gasteiger partial charge in [0.2, 0.25) is 0 Å². The van der Waals surface area contributed by atoms with E-state index < -0.39 is 12.1 Å². The number of benzene rings is 1. The molecule has 1 saturated carbocycles. The van der Waals surface area contributed by atoms with E-state index in [4.69, 9.17) is 21.4 Å². The highest BCUT2D eigenvalue weighted by Crippen LogP contribution is 2.39. The van der Waals surface area contributed by atoms with Gasteiger partial charge in [-0.15, -0.1) is 11.6 Å². The minimum atomic E-state index is -0.756. The Kier molecular flexibility index (Phi) is 7.81. The molecule has 4 atom stereocenters. The van der Waals surface area contributed by atoms with Crippen molar-refractivity contribution in [3.63, 3.8) is 0 Å². The number of carboxylic acids is 1. The molecule has 2 aliphatic carbocycles. The van der Waals surface area contributed by atoms with Crippen molar-refractivity contribution >= 4 is 17.6 Å².